The second kappa shape index (κ2) is 9.27. The van der Waals surface area contributed by atoms with E-state index in [4.69, 9.17) is 0 Å². The summed E-state index contributed by atoms with van der Waals surface area (Å²) in [5.74, 6) is 0.489. The third-order valence-electron chi connectivity index (χ3n) is 6.39. The molecule has 0 spiro atoms. The summed E-state index contributed by atoms with van der Waals surface area (Å²) in [6.45, 7) is 7.87. The maximum atomic E-state index is 13.4. The Labute approximate surface area is 185 Å². The highest BCUT2D eigenvalue weighted by molar-refractivity contribution is 7.89. The fourth-order valence-electron chi connectivity index (χ4n) is 4.83. The summed E-state index contributed by atoms with van der Waals surface area (Å²) in [6.07, 6.45) is 3.12. The molecule has 0 bridgehead atoms. The molecule has 2 fully saturated rings. The molecule has 168 valence electrons. The van der Waals surface area contributed by atoms with E-state index in [0.717, 1.165) is 43.2 Å². The van der Waals surface area contributed by atoms with Crippen LogP contribution in [0.15, 0.2) is 47.4 Å². The lowest BCUT2D eigenvalue weighted by Gasteiger charge is -2.34. The molecule has 2 aliphatic rings. The molecule has 7 heteroatoms. The van der Waals surface area contributed by atoms with Crippen LogP contribution < -0.4 is 5.32 Å². The van der Waals surface area contributed by atoms with Gasteiger partial charge in [-0.15, -0.1) is 0 Å². The molecule has 2 aromatic carbocycles. The van der Waals surface area contributed by atoms with E-state index in [0.29, 0.717) is 25.3 Å². The van der Waals surface area contributed by atoms with Crippen molar-refractivity contribution in [3.05, 3.63) is 42.5 Å². The van der Waals surface area contributed by atoms with Gasteiger partial charge < -0.3 is 10.2 Å². The second-order valence-corrected chi connectivity index (χ2v) is 11.2. The molecule has 1 N–H and O–H groups in total. The van der Waals surface area contributed by atoms with Crippen LogP contribution in [0, 0.1) is 5.92 Å². The van der Waals surface area contributed by atoms with Crippen LogP contribution in [-0.4, -0.2) is 61.8 Å². The van der Waals surface area contributed by atoms with Crippen LogP contribution in [0.25, 0.3) is 10.8 Å². The summed E-state index contributed by atoms with van der Waals surface area (Å²) in [7, 11) is -3.72. The number of hydrogen-bond donors (Lipinski definition) is 1. The Balaban J connectivity index is 1.43. The van der Waals surface area contributed by atoms with E-state index in [9.17, 15) is 13.2 Å². The lowest BCUT2D eigenvalue weighted by molar-refractivity contribution is -0.125. The fraction of sp³-hybridized carbons (Fsp3) is 0.542. The number of rotatable bonds is 6. The minimum atomic E-state index is -3.72. The van der Waals surface area contributed by atoms with E-state index in [1.165, 1.54) is 4.31 Å². The van der Waals surface area contributed by atoms with Crippen molar-refractivity contribution in [2.24, 2.45) is 5.92 Å². The summed E-state index contributed by atoms with van der Waals surface area (Å²) in [6, 6.07) is 12.4. The first kappa shape index (κ1) is 22.2. The van der Waals surface area contributed by atoms with Crippen LogP contribution in [0.2, 0.25) is 0 Å². The molecular weight excluding hydrogens is 410 g/mol. The Morgan fingerprint density at radius 2 is 1.74 bits per heavy atom. The van der Waals surface area contributed by atoms with E-state index < -0.39 is 16.1 Å². The van der Waals surface area contributed by atoms with Crippen LogP contribution >= 0.6 is 0 Å². The van der Waals surface area contributed by atoms with Crippen LogP contribution in [0.4, 0.5) is 0 Å². The van der Waals surface area contributed by atoms with Crippen LogP contribution in [-0.2, 0) is 14.8 Å². The third kappa shape index (κ3) is 4.94. The standard InChI is InChI=1S/C24H33N3O3S/c1-18(2)17-26-14-11-21(12-15-26)25-24(28)23-8-5-13-27(23)31(29,30)22-10-9-19-6-3-4-7-20(19)16-22/h3-4,6-7,9-10,16,18,21,23H,5,8,11-15,17H2,1-2H3,(H,25,28)/t23-/m0/s1. The molecule has 0 unspecified atom stereocenters. The molecule has 31 heavy (non-hydrogen) atoms. The smallest absolute Gasteiger partial charge is 0.243 e. The summed E-state index contributed by atoms with van der Waals surface area (Å²) in [4.78, 5) is 15.7. The minimum absolute atomic E-state index is 0.127. The Bertz CT molecular complexity index is 1030. The van der Waals surface area contributed by atoms with Gasteiger partial charge in [-0.2, -0.15) is 4.31 Å². The molecule has 2 aliphatic heterocycles. The van der Waals surface area contributed by atoms with Crippen molar-refractivity contribution in [2.75, 3.05) is 26.2 Å². The van der Waals surface area contributed by atoms with Gasteiger partial charge in [0.15, 0.2) is 0 Å². The van der Waals surface area contributed by atoms with Crippen LogP contribution in [0.1, 0.15) is 39.5 Å². The number of piperidine rings is 1. The molecule has 2 saturated heterocycles. The average molecular weight is 444 g/mol. The number of sulfonamides is 1. The Hall–Kier alpha value is -1.96. The van der Waals surface area contributed by atoms with Crippen molar-refractivity contribution in [1.82, 2.24) is 14.5 Å². The van der Waals surface area contributed by atoms with Crippen molar-refractivity contribution in [3.8, 4) is 0 Å². The topological polar surface area (TPSA) is 69.7 Å². The fourth-order valence-corrected chi connectivity index (χ4v) is 6.52. The number of likely N-dealkylation sites (tertiary alicyclic amines) is 1. The molecule has 0 aliphatic carbocycles. The van der Waals surface area contributed by atoms with Gasteiger partial charge in [-0.3, -0.25) is 4.79 Å². The monoisotopic (exact) mass is 443 g/mol. The van der Waals surface area contributed by atoms with Crippen molar-refractivity contribution < 1.29 is 13.2 Å². The summed E-state index contributed by atoms with van der Waals surface area (Å²) >= 11 is 0. The van der Waals surface area contributed by atoms with Gasteiger partial charge in [-0.05, 0) is 54.5 Å². The van der Waals surface area contributed by atoms with Gasteiger partial charge in [-0.25, -0.2) is 8.42 Å². The van der Waals surface area contributed by atoms with E-state index in [1.807, 2.05) is 30.3 Å². The minimum Gasteiger partial charge on any atom is -0.352 e. The quantitative estimate of drug-likeness (QED) is 0.744. The zero-order valence-corrected chi connectivity index (χ0v) is 19.3. The number of fused-ring (bicyclic) bond motifs is 1. The number of carbonyl (C=O) groups is 1. The van der Waals surface area contributed by atoms with Crippen molar-refractivity contribution in [1.29, 1.82) is 0 Å². The number of hydrogen-bond acceptors (Lipinski definition) is 4. The molecular formula is C24H33N3O3S. The highest BCUT2D eigenvalue weighted by Crippen LogP contribution is 2.28. The van der Waals surface area contributed by atoms with Gasteiger partial charge >= 0.3 is 0 Å². The molecule has 2 heterocycles. The molecule has 0 aromatic heterocycles. The molecule has 1 atom stereocenters. The lowest BCUT2D eigenvalue weighted by Crippen LogP contribution is -2.51. The molecule has 4 rings (SSSR count). The van der Waals surface area contributed by atoms with E-state index in [1.54, 1.807) is 12.1 Å². The molecule has 1 amide bonds. The van der Waals surface area contributed by atoms with E-state index >= 15 is 0 Å². The third-order valence-corrected chi connectivity index (χ3v) is 8.30. The number of carbonyl (C=O) groups excluding carboxylic acids is 1. The number of nitrogens with one attached hydrogen (secondary N) is 1. The number of amides is 1. The zero-order chi connectivity index (χ0) is 22.0. The molecule has 0 saturated carbocycles. The van der Waals surface area contributed by atoms with Crippen molar-refractivity contribution in [3.63, 3.8) is 0 Å². The largest absolute Gasteiger partial charge is 0.352 e. The Morgan fingerprint density at radius 3 is 2.45 bits per heavy atom. The Kier molecular flexibility index (Phi) is 6.65. The second-order valence-electron chi connectivity index (χ2n) is 9.26. The van der Waals surface area contributed by atoms with Gasteiger partial charge in [0.05, 0.1) is 4.90 Å². The van der Waals surface area contributed by atoms with Crippen LogP contribution in [0.3, 0.4) is 0 Å². The molecule has 0 radical (unpaired) electrons. The first-order valence-electron chi connectivity index (χ1n) is 11.4. The van der Waals surface area contributed by atoms with Gasteiger partial charge in [0.2, 0.25) is 15.9 Å². The summed E-state index contributed by atoms with van der Waals surface area (Å²) < 4.78 is 28.1. The number of nitrogens with zero attached hydrogens (tertiary/aromatic N) is 2. The number of benzene rings is 2. The normalized spacial score (nSPS) is 21.7. The lowest BCUT2D eigenvalue weighted by atomic mass is 10.0. The van der Waals surface area contributed by atoms with Crippen molar-refractivity contribution >= 4 is 26.7 Å². The average Bonchev–Trinajstić information content (AvgIpc) is 3.25. The SMILES string of the molecule is CC(C)CN1CCC(NC(=O)[C@@H]2CCCN2S(=O)(=O)c2ccc3ccccc3c2)CC1. The van der Waals surface area contributed by atoms with Gasteiger partial charge in [0.1, 0.15) is 6.04 Å². The van der Waals surface area contributed by atoms with E-state index in [2.05, 4.69) is 24.1 Å². The molecule has 2 aromatic rings. The maximum absolute atomic E-state index is 13.4. The maximum Gasteiger partial charge on any atom is 0.243 e. The van der Waals surface area contributed by atoms with Gasteiger partial charge in [-0.1, -0.05) is 44.2 Å². The predicted molar refractivity (Wildman–Crippen MR) is 123 cm³/mol. The molecule has 6 nitrogen and oxygen atoms in total. The highest BCUT2D eigenvalue weighted by atomic mass is 32.2. The van der Waals surface area contributed by atoms with Crippen LogP contribution in [0.5, 0.6) is 0 Å². The van der Waals surface area contributed by atoms with Crippen molar-refractivity contribution in [2.45, 2.75) is 56.5 Å². The van der Waals surface area contributed by atoms with Gasteiger partial charge in [0.25, 0.3) is 0 Å². The first-order chi connectivity index (χ1) is 14.8. The Morgan fingerprint density at radius 1 is 1.03 bits per heavy atom. The van der Waals surface area contributed by atoms with Gasteiger partial charge in [0, 0.05) is 32.2 Å². The summed E-state index contributed by atoms with van der Waals surface area (Å²) in [5, 5.41) is 5.03. The zero-order valence-electron chi connectivity index (χ0n) is 18.5. The summed E-state index contributed by atoms with van der Waals surface area (Å²) in [5.41, 5.74) is 0. The highest BCUT2D eigenvalue weighted by Gasteiger charge is 2.40. The first-order valence-corrected chi connectivity index (χ1v) is 12.8. The predicted octanol–water partition coefficient (Wildman–Crippen LogP) is 3.23. The van der Waals surface area contributed by atoms with E-state index in [-0.39, 0.29) is 16.8 Å².